The topological polar surface area (TPSA) is 51.4 Å². The molecule has 1 heterocycles. The van der Waals surface area contributed by atoms with Crippen molar-refractivity contribution in [2.24, 2.45) is 5.92 Å². The van der Waals surface area contributed by atoms with E-state index in [0.717, 1.165) is 12.5 Å². The fraction of sp³-hybridized carbons (Fsp3) is 0.467. The van der Waals surface area contributed by atoms with Gasteiger partial charge in [0.05, 0.1) is 6.54 Å². The lowest BCUT2D eigenvalue weighted by Gasteiger charge is -2.12. The van der Waals surface area contributed by atoms with Crippen molar-refractivity contribution in [2.75, 3.05) is 13.6 Å². The van der Waals surface area contributed by atoms with Crippen LogP contribution in [0.3, 0.4) is 0 Å². The van der Waals surface area contributed by atoms with Gasteiger partial charge in [-0.05, 0) is 50.1 Å². The molecule has 5 nitrogen and oxygen atoms in total. The number of hydrogen-bond acceptors (Lipinski definition) is 5. The quantitative estimate of drug-likeness (QED) is 0.785. The van der Waals surface area contributed by atoms with E-state index in [2.05, 4.69) is 22.1 Å². The van der Waals surface area contributed by atoms with E-state index >= 15 is 0 Å². The van der Waals surface area contributed by atoms with Crippen molar-refractivity contribution in [2.45, 2.75) is 26.0 Å². The van der Waals surface area contributed by atoms with Gasteiger partial charge in [0.1, 0.15) is 11.6 Å². The second kappa shape index (κ2) is 6.22. The Morgan fingerprint density at radius 2 is 2.10 bits per heavy atom. The lowest BCUT2D eigenvalue weighted by Crippen LogP contribution is -2.20. The number of rotatable bonds is 7. The van der Waals surface area contributed by atoms with Gasteiger partial charge < -0.3 is 9.26 Å². The Morgan fingerprint density at radius 1 is 1.33 bits per heavy atom. The lowest BCUT2D eigenvalue weighted by atomic mass is 10.3. The van der Waals surface area contributed by atoms with E-state index < -0.39 is 0 Å². The van der Waals surface area contributed by atoms with Crippen molar-refractivity contribution in [1.29, 1.82) is 0 Å². The maximum Gasteiger partial charge on any atom is 0.240 e. The third kappa shape index (κ3) is 4.26. The maximum atomic E-state index is 12.8. The fourth-order valence-corrected chi connectivity index (χ4v) is 2.13. The zero-order valence-corrected chi connectivity index (χ0v) is 12.0. The van der Waals surface area contributed by atoms with E-state index in [1.807, 2.05) is 0 Å². The molecular weight excluding hydrogens is 273 g/mol. The van der Waals surface area contributed by atoms with Gasteiger partial charge in [-0.3, -0.25) is 4.90 Å². The van der Waals surface area contributed by atoms with Crippen LogP contribution >= 0.6 is 0 Å². The number of hydrogen-bond donors (Lipinski definition) is 0. The summed E-state index contributed by atoms with van der Waals surface area (Å²) >= 11 is 0. The van der Waals surface area contributed by atoms with E-state index in [-0.39, 0.29) is 12.4 Å². The average Bonchev–Trinajstić information content (AvgIpc) is 3.16. The van der Waals surface area contributed by atoms with Crippen LogP contribution in [0, 0.1) is 11.7 Å². The molecule has 0 spiro atoms. The van der Waals surface area contributed by atoms with Crippen LogP contribution in [0.2, 0.25) is 0 Å². The van der Waals surface area contributed by atoms with E-state index in [0.29, 0.717) is 24.0 Å². The summed E-state index contributed by atoms with van der Waals surface area (Å²) in [6.07, 6.45) is 2.65. The Balaban J connectivity index is 1.48. The molecule has 0 atom stereocenters. The Kier molecular flexibility index (Phi) is 4.15. The molecule has 1 fully saturated rings. The van der Waals surface area contributed by atoms with E-state index in [1.54, 1.807) is 12.1 Å². The highest BCUT2D eigenvalue weighted by atomic mass is 19.1. The molecule has 2 aromatic rings. The van der Waals surface area contributed by atoms with Gasteiger partial charge in [-0.2, -0.15) is 4.98 Å². The van der Waals surface area contributed by atoms with Crippen molar-refractivity contribution < 1.29 is 13.7 Å². The molecule has 21 heavy (non-hydrogen) atoms. The van der Waals surface area contributed by atoms with Gasteiger partial charge in [0.15, 0.2) is 6.61 Å². The zero-order valence-electron chi connectivity index (χ0n) is 12.0. The Bertz CT molecular complexity index is 581. The molecule has 3 rings (SSSR count). The summed E-state index contributed by atoms with van der Waals surface area (Å²) < 4.78 is 23.4. The summed E-state index contributed by atoms with van der Waals surface area (Å²) in [5.74, 6) is 2.21. The van der Waals surface area contributed by atoms with E-state index in [4.69, 9.17) is 9.26 Å². The molecule has 112 valence electrons. The first-order chi connectivity index (χ1) is 10.2. The van der Waals surface area contributed by atoms with Crippen molar-refractivity contribution in [3.63, 3.8) is 0 Å². The van der Waals surface area contributed by atoms with Crippen LogP contribution in [0.25, 0.3) is 0 Å². The van der Waals surface area contributed by atoms with Gasteiger partial charge in [0.25, 0.3) is 0 Å². The second-order valence-corrected chi connectivity index (χ2v) is 5.49. The first-order valence-electron chi connectivity index (χ1n) is 7.07. The number of ether oxygens (including phenoxy) is 1. The molecule has 1 aliphatic carbocycles. The number of benzene rings is 1. The third-order valence-electron chi connectivity index (χ3n) is 3.36. The maximum absolute atomic E-state index is 12.8. The Labute approximate surface area is 122 Å². The summed E-state index contributed by atoms with van der Waals surface area (Å²) in [7, 11) is 2.05. The number of halogens is 1. The molecule has 0 bridgehead atoms. The first kappa shape index (κ1) is 14.0. The van der Waals surface area contributed by atoms with Crippen LogP contribution in [0.1, 0.15) is 24.6 Å². The molecule has 0 saturated heterocycles. The molecule has 0 N–H and O–H groups in total. The second-order valence-electron chi connectivity index (χ2n) is 5.49. The highest BCUT2D eigenvalue weighted by Crippen LogP contribution is 2.29. The van der Waals surface area contributed by atoms with Gasteiger partial charge in [-0.15, -0.1) is 0 Å². The van der Waals surface area contributed by atoms with Crippen LogP contribution < -0.4 is 4.74 Å². The minimum Gasteiger partial charge on any atom is -0.485 e. The van der Waals surface area contributed by atoms with E-state index in [1.165, 1.54) is 25.0 Å². The van der Waals surface area contributed by atoms with Gasteiger partial charge in [-0.25, -0.2) is 4.39 Å². The predicted molar refractivity (Wildman–Crippen MR) is 74.1 cm³/mol. The normalized spacial score (nSPS) is 14.6. The van der Waals surface area contributed by atoms with Crippen molar-refractivity contribution >= 4 is 0 Å². The standard InChI is InChI=1S/C15H18FN3O2/c1-19(8-11-2-3-11)9-15-17-14(18-21-15)10-20-13-6-4-12(16)5-7-13/h4-7,11H,2-3,8-10H2,1H3. The summed E-state index contributed by atoms with van der Waals surface area (Å²) in [5, 5.41) is 3.88. The summed E-state index contributed by atoms with van der Waals surface area (Å²) in [6.45, 7) is 1.94. The predicted octanol–water partition coefficient (Wildman–Crippen LogP) is 2.63. The van der Waals surface area contributed by atoms with Gasteiger partial charge in [0.2, 0.25) is 11.7 Å². The van der Waals surface area contributed by atoms with E-state index in [9.17, 15) is 4.39 Å². The van der Waals surface area contributed by atoms with Crippen LogP contribution in [0.15, 0.2) is 28.8 Å². The number of aromatic nitrogens is 2. The molecule has 0 amide bonds. The minimum atomic E-state index is -0.289. The summed E-state index contributed by atoms with van der Waals surface area (Å²) in [4.78, 5) is 6.48. The monoisotopic (exact) mass is 291 g/mol. The first-order valence-corrected chi connectivity index (χ1v) is 7.07. The van der Waals surface area contributed by atoms with Crippen LogP contribution in [0.5, 0.6) is 5.75 Å². The molecular formula is C15H18FN3O2. The molecule has 1 aromatic carbocycles. The smallest absolute Gasteiger partial charge is 0.240 e. The fourth-order valence-electron chi connectivity index (χ4n) is 2.13. The lowest BCUT2D eigenvalue weighted by molar-refractivity contribution is 0.255. The molecule has 6 heteroatoms. The largest absolute Gasteiger partial charge is 0.485 e. The van der Waals surface area contributed by atoms with Gasteiger partial charge in [0, 0.05) is 6.54 Å². The average molecular weight is 291 g/mol. The molecule has 0 unspecified atom stereocenters. The SMILES string of the molecule is CN(Cc1nc(COc2ccc(F)cc2)no1)CC1CC1. The van der Waals surface area contributed by atoms with Gasteiger partial charge in [-0.1, -0.05) is 5.16 Å². The number of nitrogens with zero attached hydrogens (tertiary/aromatic N) is 3. The van der Waals surface area contributed by atoms with Crippen molar-refractivity contribution in [3.05, 3.63) is 41.8 Å². The van der Waals surface area contributed by atoms with Crippen LogP contribution in [0.4, 0.5) is 4.39 Å². The third-order valence-corrected chi connectivity index (χ3v) is 3.36. The van der Waals surface area contributed by atoms with Crippen LogP contribution in [-0.2, 0) is 13.2 Å². The highest BCUT2D eigenvalue weighted by Gasteiger charge is 2.23. The highest BCUT2D eigenvalue weighted by molar-refractivity contribution is 5.22. The molecule has 1 saturated carbocycles. The molecule has 1 aliphatic rings. The summed E-state index contributed by atoms with van der Waals surface area (Å²) in [6, 6.07) is 5.84. The zero-order chi connectivity index (χ0) is 14.7. The molecule has 0 radical (unpaired) electrons. The minimum absolute atomic E-state index is 0.210. The van der Waals surface area contributed by atoms with Crippen LogP contribution in [-0.4, -0.2) is 28.6 Å². The Morgan fingerprint density at radius 3 is 2.81 bits per heavy atom. The summed E-state index contributed by atoms with van der Waals surface area (Å²) in [5.41, 5.74) is 0. The molecule has 0 aliphatic heterocycles. The molecule has 1 aromatic heterocycles. The van der Waals surface area contributed by atoms with Crippen molar-refractivity contribution in [3.8, 4) is 5.75 Å². The Hall–Kier alpha value is -1.95. The van der Waals surface area contributed by atoms with Crippen molar-refractivity contribution in [1.82, 2.24) is 15.0 Å². The van der Waals surface area contributed by atoms with Gasteiger partial charge >= 0.3 is 0 Å².